The first-order chi connectivity index (χ1) is 45.5. The minimum Gasteiger partial charge on any atom is -0.508 e. The van der Waals surface area contributed by atoms with Crippen molar-refractivity contribution in [3.05, 3.63) is 141 Å². The van der Waals surface area contributed by atoms with E-state index in [-0.39, 0.29) is 29.6 Å². The highest BCUT2D eigenvalue weighted by molar-refractivity contribution is 5.95. The zero-order chi connectivity index (χ0) is 70.2. The molecule has 0 aliphatic heterocycles. The van der Waals surface area contributed by atoms with Crippen molar-refractivity contribution in [3.8, 4) is 50.8 Å². The molecule has 0 spiro atoms. The van der Waals surface area contributed by atoms with Gasteiger partial charge in [0.1, 0.15) is 39.7 Å². The van der Waals surface area contributed by atoms with E-state index in [1.807, 2.05) is 122 Å². The second-order valence-corrected chi connectivity index (χ2v) is 24.9. The van der Waals surface area contributed by atoms with Crippen LogP contribution in [0.15, 0.2) is 73.3 Å². The van der Waals surface area contributed by atoms with E-state index in [9.17, 15) is 24.3 Å². The van der Waals surface area contributed by atoms with Crippen LogP contribution >= 0.6 is 0 Å². The first kappa shape index (κ1) is 73.0. The van der Waals surface area contributed by atoms with Crippen LogP contribution in [0.4, 0.5) is 29.5 Å². The first-order valence-electron chi connectivity index (χ1n) is 32.2. The van der Waals surface area contributed by atoms with Crippen molar-refractivity contribution in [1.82, 2.24) is 59.8 Å². The lowest BCUT2D eigenvalue weighted by atomic mass is 9.96. The van der Waals surface area contributed by atoms with E-state index in [0.717, 1.165) is 90.9 Å². The highest BCUT2D eigenvalue weighted by Gasteiger charge is 2.28. The lowest BCUT2D eigenvalue weighted by Gasteiger charge is -2.22. The predicted molar refractivity (Wildman–Crippen MR) is 373 cm³/mol. The Bertz CT molecular complexity index is 4160. The topological polar surface area (TPSA) is 340 Å². The van der Waals surface area contributed by atoms with Gasteiger partial charge in [0.25, 0.3) is 0 Å². The summed E-state index contributed by atoms with van der Waals surface area (Å²) in [6.07, 6.45) is 13.0. The maximum absolute atomic E-state index is 12.3. The Hall–Kier alpha value is -10.5. The molecule has 1 aromatic carbocycles. The third-order valence-corrected chi connectivity index (χ3v) is 15.2. The van der Waals surface area contributed by atoms with Crippen LogP contribution in [0, 0.1) is 55.4 Å². The number of phenolic OH excluding ortho intramolecular Hbond substituents is 1. The number of aromatic amines is 4. The molecule has 510 valence electrons. The average molecular weight is 1310 g/mol. The van der Waals surface area contributed by atoms with Crippen LogP contribution < -0.4 is 21.3 Å². The van der Waals surface area contributed by atoms with Gasteiger partial charge in [-0.2, -0.15) is 0 Å². The van der Waals surface area contributed by atoms with Crippen LogP contribution in [-0.4, -0.2) is 133 Å². The number of aromatic nitrogens is 12. The summed E-state index contributed by atoms with van der Waals surface area (Å²) in [5.74, 6) is 0.888. The van der Waals surface area contributed by atoms with E-state index in [1.165, 1.54) is 32.1 Å². The molecule has 8 aromatic heterocycles. The maximum Gasteiger partial charge on any atom is 0.355 e. The second kappa shape index (κ2) is 32.6. The molecular weight excluding hydrogens is 1220 g/mol. The van der Waals surface area contributed by atoms with E-state index >= 15 is 0 Å². The maximum atomic E-state index is 12.3. The highest BCUT2D eigenvalue weighted by atomic mass is 16.6. The van der Waals surface area contributed by atoms with Crippen molar-refractivity contribution >= 4 is 53.4 Å². The van der Waals surface area contributed by atoms with Gasteiger partial charge in [0.05, 0.1) is 36.0 Å². The summed E-state index contributed by atoms with van der Waals surface area (Å²) in [7, 11) is 1.77. The Morgan fingerprint density at radius 3 is 1.25 bits per heavy atom. The van der Waals surface area contributed by atoms with Gasteiger partial charge >= 0.3 is 23.9 Å². The van der Waals surface area contributed by atoms with Crippen molar-refractivity contribution in [1.29, 1.82) is 0 Å². The fourth-order valence-corrected chi connectivity index (χ4v) is 11.0. The molecular formula is C71H92N16O9. The van der Waals surface area contributed by atoms with Gasteiger partial charge in [-0.25, -0.2) is 59.0 Å². The summed E-state index contributed by atoms with van der Waals surface area (Å²) in [6.45, 7) is 33.3. The Morgan fingerprint density at radius 2 is 0.865 bits per heavy atom. The molecule has 9 N–H and O–H groups in total. The fraction of sp³-hybridized carbons (Fsp3) is 0.408. The fourth-order valence-electron chi connectivity index (χ4n) is 11.0. The second-order valence-electron chi connectivity index (χ2n) is 24.9. The molecule has 0 radical (unpaired) electrons. The van der Waals surface area contributed by atoms with Gasteiger partial charge < -0.3 is 65.3 Å². The van der Waals surface area contributed by atoms with Crippen molar-refractivity contribution in [3.63, 3.8) is 0 Å². The average Bonchev–Trinajstić information content (AvgIpc) is 1.88. The summed E-state index contributed by atoms with van der Waals surface area (Å²) >= 11 is 0. The number of H-pyrrole nitrogens is 4. The van der Waals surface area contributed by atoms with Crippen LogP contribution in [0.1, 0.15) is 181 Å². The Labute approximate surface area is 561 Å². The summed E-state index contributed by atoms with van der Waals surface area (Å²) in [6, 6.07) is 14.5. The van der Waals surface area contributed by atoms with Crippen LogP contribution in [0.5, 0.6) is 5.75 Å². The molecule has 8 heterocycles. The Balaban J connectivity index is 0.000000181. The molecule has 1 fully saturated rings. The molecule has 96 heavy (non-hydrogen) atoms. The van der Waals surface area contributed by atoms with Crippen LogP contribution in [0.25, 0.3) is 45.0 Å². The smallest absolute Gasteiger partial charge is 0.355 e. The number of anilines is 5. The normalized spacial score (nSPS) is 12.1. The van der Waals surface area contributed by atoms with Gasteiger partial charge in [0.15, 0.2) is 0 Å². The number of nitrogens with one attached hydrogen (secondary N) is 8. The summed E-state index contributed by atoms with van der Waals surface area (Å²) in [4.78, 5) is 96.3. The zero-order valence-corrected chi connectivity index (χ0v) is 58.5. The molecule has 0 amide bonds. The minimum absolute atomic E-state index is 0.155. The number of phenols is 1. The predicted octanol–water partition coefficient (Wildman–Crippen LogP) is 14.3. The van der Waals surface area contributed by atoms with E-state index in [1.54, 1.807) is 76.0 Å². The molecule has 1 aliphatic rings. The number of nitrogens with zero attached hydrogens (tertiary/aromatic N) is 8. The van der Waals surface area contributed by atoms with E-state index in [0.29, 0.717) is 77.2 Å². The number of carbonyl (C=O) groups excluding carboxylic acids is 4. The lowest BCUT2D eigenvalue weighted by Crippen LogP contribution is -2.24. The standard InChI is InChI=1S/C19H20N4O3.C19H26N4O2.C17H24N4O2.C16H22N4O2/c1-4-26-18(25)17-11(2)16(12(3)21-17)15-8-9-20-19(23-15)22-13-6-5-7-14(24)10-13;1-4-25-18(24)17-12(2)16(13(3)21-17)15-10-11-20-19(23-15)22-14-8-6-5-7-9-14;1-7-18-16-19-9-8-12(21-16)13-10(2)14(20-11(13)3)15(22)23-17(4,5)6;1-9-12(11-7-8-18-15(17-6)20-11)10(2)19-13(9)14(21)22-16(3,4)5/h5-10,21,24H,4H2,1-3H3,(H,20,22,23);10-11,14,21H,4-9H2,1-3H3,(H,20,22,23);8-9,20H,7H2,1-6H3,(H,18,19,21);7-8,19H,1-6H3,(H,17,18,20). The number of rotatable bonds is 17. The number of aromatic hydroxyl groups is 1. The summed E-state index contributed by atoms with van der Waals surface area (Å²) in [5, 5.41) is 22.1. The monoisotopic (exact) mass is 1310 g/mol. The van der Waals surface area contributed by atoms with E-state index in [2.05, 4.69) is 81.1 Å². The molecule has 0 saturated heterocycles. The molecule has 0 bridgehead atoms. The van der Waals surface area contributed by atoms with Crippen molar-refractivity contribution < 1.29 is 43.2 Å². The number of aryl methyl sites for hydroxylation is 4. The summed E-state index contributed by atoms with van der Waals surface area (Å²) < 4.78 is 21.1. The molecule has 10 rings (SSSR count). The molecule has 9 aromatic rings. The third kappa shape index (κ3) is 19.1. The Morgan fingerprint density at radius 1 is 0.500 bits per heavy atom. The largest absolute Gasteiger partial charge is 0.508 e. The van der Waals surface area contributed by atoms with Crippen molar-refractivity contribution in [2.45, 2.75) is 167 Å². The molecule has 0 atom stereocenters. The molecule has 25 nitrogen and oxygen atoms in total. The first-order valence-corrected chi connectivity index (χ1v) is 32.2. The number of esters is 4. The van der Waals surface area contributed by atoms with Gasteiger partial charge in [0.2, 0.25) is 23.8 Å². The summed E-state index contributed by atoms with van der Waals surface area (Å²) in [5.41, 5.74) is 14.9. The molecule has 1 aliphatic carbocycles. The van der Waals surface area contributed by atoms with Gasteiger partial charge in [-0.1, -0.05) is 25.3 Å². The number of carbonyl (C=O) groups is 4. The number of hydrogen-bond acceptors (Lipinski definition) is 21. The minimum atomic E-state index is -0.532. The van der Waals surface area contributed by atoms with Crippen molar-refractivity contribution in [2.24, 2.45) is 0 Å². The Kier molecular flexibility index (Phi) is 24.8. The van der Waals surface area contributed by atoms with Crippen LogP contribution in [0.3, 0.4) is 0 Å². The zero-order valence-electron chi connectivity index (χ0n) is 58.5. The van der Waals surface area contributed by atoms with Crippen LogP contribution in [0.2, 0.25) is 0 Å². The number of ether oxygens (including phenoxy) is 4. The van der Waals surface area contributed by atoms with Gasteiger partial charge in [-0.3, -0.25) is 0 Å². The molecule has 0 unspecified atom stereocenters. The van der Waals surface area contributed by atoms with Crippen LogP contribution in [-0.2, 0) is 18.9 Å². The van der Waals surface area contributed by atoms with Gasteiger partial charge in [0, 0.05) is 101 Å². The van der Waals surface area contributed by atoms with E-state index < -0.39 is 11.2 Å². The number of benzene rings is 1. The highest BCUT2D eigenvalue weighted by Crippen LogP contribution is 2.34. The molecule has 1 saturated carbocycles. The lowest BCUT2D eigenvalue weighted by molar-refractivity contribution is 0.00502. The number of hydrogen-bond donors (Lipinski definition) is 9. The van der Waals surface area contributed by atoms with Gasteiger partial charge in [-0.15, -0.1) is 0 Å². The quantitative estimate of drug-likeness (QED) is 0.0302. The molecule has 25 heteroatoms. The van der Waals surface area contributed by atoms with Gasteiger partial charge in [-0.05, 0) is 189 Å². The SMILES string of the molecule is CCNc1nccc(-c2c(C)[nH]c(C(=O)OC(C)(C)C)c2C)n1.CCOC(=O)c1[nH]c(C)c(-c2ccnc(NC3CCCCC3)n2)c1C.CCOC(=O)c1[nH]c(C)c(-c2ccnc(Nc3cccc(O)c3)n2)c1C.CNc1nccc(-c2c(C)[nH]c(C(=O)OC(C)(C)C)c2C)n1. The van der Waals surface area contributed by atoms with E-state index in [4.69, 9.17) is 18.9 Å². The van der Waals surface area contributed by atoms with Crippen molar-refractivity contribution in [2.75, 3.05) is 48.1 Å². The third-order valence-electron chi connectivity index (χ3n) is 15.2.